The summed E-state index contributed by atoms with van der Waals surface area (Å²) in [4.78, 5) is 2.77. The van der Waals surface area contributed by atoms with Crippen LogP contribution in [0.5, 0.6) is 0 Å². The Hall–Kier alpha value is -0.0800. The standard InChI is InChI=1S/C15H28N2/c1-11(15-9-12-5-6-13(15)8-12)17-7-3-4-14(10-17)16-2/h11-16H,3-10H2,1-2H3. The van der Waals surface area contributed by atoms with Crippen molar-refractivity contribution >= 4 is 0 Å². The molecule has 2 bridgehead atoms. The van der Waals surface area contributed by atoms with Gasteiger partial charge in [-0.1, -0.05) is 6.42 Å². The fourth-order valence-electron chi connectivity index (χ4n) is 4.77. The van der Waals surface area contributed by atoms with Crippen molar-refractivity contribution in [2.24, 2.45) is 17.8 Å². The van der Waals surface area contributed by atoms with Crippen LogP contribution in [0.2, 0.25) is 0 Å². The molecule has 2 nitrogen and oxygen atoms in total. The molecule has 1 saturated heterocycles. The summed E-state index contributed by atoms with van der Waals surface area (Å²) in [6, 6.07) is 1.58. The van der Waals surface area contributed by atoms with Gasteiger partial charge in [0.05, 0.1) is 0 Å². The zero-order valence-corrected chi connectivity index (χ0v) is 11.5. The van der Waals surface area contributed by atoms with E-state index in [1.54, 1.807) is 6.42 Å². The Morgan fingerprint density at radius 1 is 1.18 bits per heavy atom. The maximum absolute atomic E-state index is 3.47. The van der Waals surface area contributed by atoms with E-state index >= 15 is 0 Å². The molecule has 1 N–H and O–H groups in total. The number of nitrogens with zero attached hydrogens (tertiary/aromatic N) is 1. The van der Waals surface area contributed by atoms with Crippen LogP contribution in [0.3, 0.4) is 0 Å². The van der Waals surface area contributed by atoms with E-state index < -0.39 is 0 Å². The van der Waals surface area contributed by atoms with E-state index in [0.717, 1.165) is 29.8 Å². The molecule has 0 spiro atoms. The van der Waals surface area contributed by atoms with E-state index in [1.165, 1.54) is 45.2 Å². The molecule has 0 radical (unpaired) electrons. The lowest BCUT2D eigenvalue weighted by Gasteiger charge is -2.41. The van der Waals surface area contributed by atoms with E-state index in [9.17, 15) is 0 Å². The highest BCUT2D eigenvalue weighted by atomic mass is 15.2. The van der Waals surface area contributed by atoms with Gasteiger partial charge in [-0.15, -0.1) is 0 Å². The highest BCUT2D eigenvalue weighted by molar-refractivity contribution is 4.95. The molecule has 2 saturated carbocycles. The third-order valence-corrected chi connectivity index (χ3v) is 5.85. The van der Waals surface area contributed by atoms with Crippen molar-refractivity contribution in [3.63, 3.8) is 0 Å². The van der Waals surface area contributed by atoms with Crippen molar-refractivity contribution < 1.29 is 0 Å². The summed E-state index contributed by atoms with van der Waals surface area (Å²) in [5.74, 6) is 3.19. The summed E-state index contributed by atoms with van der Waals surface area (Å²) in [5, 5.41) is 3.47. The van der Waals surface area contributed by atoms with Crippen molar-refractivity contribution in [2.45, 2.75) is 57.5 Å². The molecule has 5 atom stereocenters. The van der Waals surface area contributed by atoms with Gasteiger partial charge in [-0.3, -0.25) is 4.90 Å². The minimum atomic E-state index is 0.741. The topological polar surface area (TPSA) is 15.3 Å². The van der Waals surface area contributed by atoms with Crippen LogP contribution >= 0.6 is 0 Å². The molecule has 3 aliphatic rings. The fourth-order valence-corrected chi connectivity index (χ4v) is 4.77. The second-order valence-corrected chi connectivity index (χ2v) is 6.70. The van der Waals surface area contributed by atoms with E-state index in [1.807, 2.05) is 0 Å². The second-order valence-electron chi connectivity index (χ2n) is 6.70. The van der Waals surface area contributed by atoms with Gasteiger partial charge in [-0.25, -0.2) is 0 Å². The molecule has 3 fully saturated rings. The number of fused-ring (bicyclic) bond motifs is 2. The lowest BCUT2D eigenvalue weighted by atomic mass is 9.82. The van der Waals surface area contributed by atoms with Crippen molar-refractivity contribution in [3.05, 3.63) is 0 Å². The van der Waals surface area contributed by atoms with Crippen LogP contribution in [0.4, 0.5) is 0 Å². The molecule has 98 valence electrons. The summed E-state index contributed by atoms with van der Waals surface area (Å²) < 4.78 is 0. The Labute approximate surface area is 106 Å². The summed E-state index contributed by atoms with van der Waals surface area (Å²) in [5.41, 5.74) is 0. The second kappa shape index (κ2) is 4.89. The van der Waals surface area contributed by atoms with E-state index in [2.05, 4.69) is 24.2 Å². The third-order valence-electron chi connectivity index (χ3n) is 5.85. The molecule has 1 aliphatic heterocycles. The monoisotopic (exact) mass is 236 g/mol. The highest BCUT2D eigenvalue weighted by Gasteiger charge is 2.43. The van der Waals surface area contributed by atoms with Gasteiger partial charge in [-0.2, -0.15) is 0 Å². The highest BCUT2D eigenvalue weighted by Crippen LogP contribution is 2.50. The number of piperidine rings is 1. The van der Waals surface area contributed by atoms with Crippen LogP contribution in [-0.4, -0.2) is 37.1 Å². The molecule has 3 rings (SSSR count). The van der Waals surface area contributed by atoms with Gasteiger partial charge in [0.15, 0.2) is 0 Å². The van der Waals surface area contributed by atoms with E-state index in [-0.39, 0.29) is 0 Å². The molecule has 5 unspecified atom stereocenters. The molecule has 2 aliphatic carbocycles. The molecule has 0 aromatic heterocycles. The Kier molecular flexibility index (Phi) is 3.45. The SMILES string of the molecule is CNC1CCCN(C(C)C2CC3CCC2C3)C1. The number of likely N-dealkylation sites (tertiary alicyclic amines) is 1. The van der Waals surface area contributed by atoms with Crippen LogP contribution in [-0.2, 0) is 0 Å². The van der Waals surface area contributed by atoms with Crippen molar-refractivity contribution in [2.75, 3.05) is 20.1 Å². The van der Waals surface area contributed by atoms with Crippen LogP contribution < -0.4 is 5.32 Å². The molecular formula is C15H28N2. The predicted molar refractivity (Wildman–Crippen MR) is 72.1 cm³/mol. The van der Waals surface area contributed by atoms with Crippen molar-refractivity contribution in [3.8, 4) is 0 Å². The lowest BCUT2D eigenvalue weighted by molar-refractivity contribution is 0.0867. The summed E-state index contributed by atoms with van der Waals surface area (Å²) in [7, 11) is 2.12. The number of rotatable bonds is 3. The maximum Gasteiger partial charge on any atom is 0.0192 e. The zero-order chi connectivity index (χ0) is 11.8. The van der Waals surface area contributed by atoms with Gasteiger partial charge in [0.2, 0.25) is 0 Å². The maximum atomic E-state index is 3.47. The Balaban J connectivity index is 1.60. The normalized spacial score (nSPS) is 44.1. The Morgan fingerprint density at radius 3 is 2.71 bits per heavy atom. The van der Waals surface area contributed by atoms with Gasteiger partial charge in [-0.05, 0) is 70.4 Å². The fraction of sp³-hybridized carbons (Fsp3) is 1.00. The first kappa shape index (κ1) is 12.0. The number of nitrogens with one attached hydrogen (secondary N) is 1. The molecule has 1 heterocycles. The van der Waals surface area contributed by atoms with Gasteiger partial charge < -0.3 is 5.32 Å². The third kappa shape index (κ3) is 2.26. The first-order valence-corrected chi connectivity index (χ1v) is 7.69. The zero-order valence-electron chi connectivity index (χ0n) is 11.5. The first-order chi connectivity index (χ1) is 8.28. The smallest absolute Gasteiger partial charge is 0.0192 e. The van der Waals surface area contributed by atoms with Gasteiger partial charge in [0, 0.05) is 18.6 Å². The number of hydrogen-bond donors (Lipinski definition) is 1. The quantitative estimate of drug-likeness (QED) is 0.810. The molecule has 17 heavy (non-hydrogen) atoms. The van der Waals surface area contributed by atoms with Crippen molar-refractivity contribution in [1.82, 2.24) is 10.2 Å². The van der Waals surface area contributed by atoms with Gasteiger partial charge in [0.25, 0.3) is 0 Å². The Bertz CT molecular complexity index is 266. The van der Waals surface area contributed by atoms with E-state index in [0.29, 0.717) is 0 Å². The van der Waals surface area contributed by atoms with Crippen molar-refractivity contribution in [1.29, 1.82) is 0 Å². The molecule has 0 aromatic rings. The summed E-state index contributed by atoms with van der Waals surface area (Å²) in [6.07, 6.45) is 8.91. The average Bonchev–Trinajstić information content (AvgIpc) is 3.00. The first-order valence-electron chi connectivity index (χ1n) is 7.69. The number of likely N-dealkylation sites (N-methyl/N-ethyl adjacent to an activating group) is 1. The van der Waals surface area contributed by atoms with Gasteiger partial charge >= 0.3 is 0 Å². The van der Waals surface area contributed by atoms with Crippen LogP contribution in [0.1, 0.15) is 45.4 Å². The van der Waals surface area contributed by atoms with Crippen LogP contribution in [0.25, 0.3) is 0 Å². The summed E-state index contributed by atoms with van der Waals surface area (Å²) >= 11 is 0. The summed E-state index contributed by atoms with van der Waals surface area (Å²) in [6.45, 7) is 5.13. The van der Waals surface area contributed by atoms with E-state index in [4.69, 9.17) is 0 Å². The molecule has 0 aromatic carbocycles. The largest absolute Gasteiger partial charge is 0.316 e. The average molecular weight is 236 g/mol. The molecular weight excluding hydrogens is 208 g/mol. The lowest BCUT2D eigenvalue weighted by Crippen LogP contribution is -2.50. The predicted octanol–water partition coefficient (Wildman–Crippen LogP) is 2.49. The van der Waals surface area contributed by atoms with Crippen LogP contribution in [0, 0.1) is 17.8 Å². The molecule has 0 amide bonds. The minimum Gasteiger partial charge on any atom is -0.316 e. The Morgan fingerprint density at radius 2 is 2.06 bits per heavy atom. The van der Waals surface area contributed by atoms with Gasteiger partial charge in [0.1, 0.15) is 0 Å². The van der Waals surface area contributed by atoms with Crippen LogP contribution in [0.15, 0.2) is 0 Å². The minimum absolute atomic E-state index is 0.741. The number of hydrogen-bond acceptors (Lipinski definition) is 2. The molecule has 2 heteroatoms.